The van der Waals surface area contributed by atoms with E-state index in [0.717, 1.165) is 25.9 Å². The molecule has 0 aromatic heterocycles. The summed E-state index contributed by atoms with van der Waals surface area (Å²) in [5, 5.41) is 11.8. The Balaban J connectivity index is 2.20. The van der Waals surface area contributed by atoms with Gasteiger partial charge in [-0.2, -0.15) is 0 Å². The predicted octanol–water partition coefficient (Wildman–Crippen LogP) is 2.71. The molecular weight excluding hydrogens is 256 g/mol. The lowest BCUT2D eigenvalue weighted by molar-refractivity contribution is -0.141. The normalized spacial score (nSPS) is 17.4. The van der Waals surface area contributed by atoms with Gasteiger partial charge in [-0.15, -0.1) is 0 Å². The van der Waals surface area contributed by atoms with E-state index < -0.39 is 5.97 Å². The SMILES string of the molecule is CCN(CC1CC1)C(=O)NC(C)CCCC(C)C(=O)O. The minimum absolute atomic E-state index is 0.0122. The first-order valence-electron chi connectivity index (χ1n) is 7.72. The van der Waals surface area contributed by atoms with Crippen LogP contribution in [0.25, 0.3) is 0 Å². The van der Waals surface area contributed by atoms with Gasteiger partial charge in [-0.25, -0.2) is 4.79 Å². The number of amides is 2. The molecule has 20 heavy (non-hydrogen) atoms. The van der Waals surface area contributed by atoms with Crippen molar-refractivity contribution in [3.8, 4) is 0 Å². The van der Waals surface area contributed by atoms with E-state index in [-0.39, 0.29) is 18.0 Å². The first kappa shape index (κ1) is 16.8. The number of nitrogens with one attached hydrogen (secondary N) is 1. The van der Waals surface area contributed by atoms with E-state index >= 15 is 0 Å². The highest BCUT2D eigenvalue weighted by Gasteiger charge is 2.26. The average Bonchev–Trinajstić information content (AvgIpc) is 3.19. The molecule has 1 aliphatic rings. The second-order valence-corrected chi connectivity index (χ2v) is 6.00. The van der Waals surface area contributed by atoms with Gasteiger partial charge < -0.3 is 15.3 Å². The molecule has 2 N–H and O–H groups in total. The standard InChI is InChI=1S/C15H28N2O3/c1-4-17(10-13-8-9-13)15(20)16-12(3)7-5-6-11(2)14(18)19/h11-13H,4-10H2,1-3H3,(H,16,20)(H,18,19). The second-order valence-electron chi connectivity index (χ2n) is 6.00. The molecule has 0 saturated heterocycles. The molecule has 2 atom stereocenters. The van der Waals surface area contributed by atoms with Gasteiger partial charge in [0.05, 0.1) is 5.92 Å². The number of carbonyl (C=O) groups excluding carboxylic acids is 1. The first-order chi connectivity index (χ1) is 9.43. The molecule has 0 bridgehead atoms. The Morgan fingerprint density at radius 2 is 1.95 bits per heavy atom. The van der Waals surface area contributed by atoms with Gasteiger partial charge in [-0.05, 0) is 45.4 Å². The Hall–Kier alpha value is -1.26. The van der Waals surface area contributed by atoms with E-state index in [0.29, 0.717) is 12.3 Å². The minimum Gasteiger partial charge on any atom is -0.481 e. The third kappa shape index (κ3) is 6.26. The Morgan fingerprint density at radius 3 is 2.45 bits per heavy atom. The Kier molecular flexibility index (Phi) is 6.82. The van der Waals surface area contributed by atoms with Crippen molar-refractivity contribution in [3.63, 3.8) is 0 Å². The Bertz CT molecular complexity index is 329. The van der Waals surface area contributed by atoms with Crippen LogP contribution < -0.4 is 5.32 Å². The third-order valence-corrected chi connectivity index (χ3v) is 3.91. The molecule has 0 aromatic carbocycles. The van der Waals surface area contributed by atoms with Crippen LogP contribution >= 0.6 is 0 Å². The zero-order valence-electron chi connectivity index (χ0n) is 12.9. The van der Waals surface area contributed by atoms with Crippen molar-refractivity contribution in [2.75, 3.05) is 13.1 Å². The van der Waals surface area contributed by atoms with Crippen molar-refractivity contribution in [3.05, 3.63) is 0 Å². The molecule has 0 aromatic rings. The predicted molar refractivity (Wildman–Crippen MR) is 78.6 cm³/mol. The van der Waals surface area contributed by atoms with Gasteiger partial charge in [0.15, 0.2) is 0 Å². The summed E-state index contributed by atoms with van der Waals surface area (Å²) in [6.45, 7) is 7.31. The molecule has 0 heterocycles. The number of hydrogen-bond donors (Lipinski definition) is 2. The zero-order valence-corrected chi connectivity index (χ0v) is 12.9. The zero-order chi connectivity index (χ0) is 15.1. The third-order valence-electron chi connectivity index (χ3n) is 3.91. The maximum Gasteiger partial charge on any atom is 0.317 e. The largest absolute Gasteiger partial charge is 0.481 e. The van der Waals surface area contributed by atoms with Crippen LogP contribution in [0, 0.1) is 11.8 Å². The van der Waals surface area contributed by atoms with Crippen LogP contribution in [-0.2, 0) is 4.79 Å². The molecule has 1 rings (SSSR count). The number of nitrogens with zero attached hydrogens (tertiary/aromatic N) is 1. The summed E-state index contributed by atoms with van der Waals surface area (Å²) in [5.74, 6) is -0.351. The highest BCUT2D eigenvalue weighted by atomic mass is 16.4. The summed E-state index contributed by atoms with van der Waals surface area (Å²) in [7, 11) is 0. The molecule has 0 radical (unpaired) electrons. The Morgan fingerprint density at radius 1 is 1.30 bits per heavy atom. The van der Waals surface area contributed by atoms with Gasteiger partial charge in [0.25, 0.3) is 0 Å². The summed E-state index contributed by atoms with van der Waals surface area (Å²) in [5.41, 5.74) is 0. The van der Waals surface area contributed by atoms with Crippen LogP contribution in [0.5, 0.6) is 0 Å². The van der Waals surface area contributed by atoms with Crippen LogP contribution in [0.2, 0.25) is 0 Å². The van der Waals surface area contributed by atoms with E-state index in [4.69, 9.17) is 5.11 Å². The summed E-state index contributed by atoms with van der Waals surface area (Å²) < 4.78 is 0. The topological polar surface area (TPSA) is 69.6 Å². The van der Waals surface area contributed by atoms with Crippen LogP contribution in [0.4, 0.5) is 4.79 Å². The molecular formula is C15H28N2O3. The van der Waals surface area contributed by atoms with Crippen LogP contribution in [0.1, 0.15) is 52.9 Å². The van der Waals surface area contributed by atoms with Gasteiger partial charge in [0.2, 0.25) is 0 Å². The molecule has 0 spiro atoms. The lowest BCUT2D eigenvalue weighted by Crippen LogP contribution is -2.44. The number of aliphatic carboxylic acids is 1. The number of carbonyl (C=O) groups is 2. The monoisotopic (exact) mass is 284 g/mol. The van der Waals surface area contributed by atoms with Crippen molar-refractivity contribution in [1.82, 2.24) is 10.2 Å². The number of carboxylic acid groups (broad SMARTS) is 1. The molecule has 5 nitrogen and oxygen atoms in total. The molecule has 2 unspecified atom stereocenters. The lowest BCUT2D eigenvalue weighted by Gasteiger charge is -2.24. The number of rotatable bonds is 9. The first-order valence-corrected chi connectivity index (χ1v) is 7.72. The van der Waals surface area contributed by atoms with Gasteiger partial charge in [0.1, 0.15) is 0 Å². The highest BCUT2D eigenvalue weighted by Crippen LogP contribution is 2.29. The van der Waals surface area contributed by atoms with E-state index in [1.54, 1.807) is 6.92 Å². The number of hydrogen-bond acceptors (Lipinski definition) is 2. The van der Waals surface area contributed by atoms with Crippen molar-refractivity contribution in [2.45, 2.75) is 58.9 Å². The quantitative estimate of drug-likeness (QED) is 0.684. The summed E-state index contributed by atoms with van der Waals surface area (Å²) in [6, 6.07) is 0.106. The smallest absolute Gasteiger partial charge is 0.317 e. The maximum atomic E-state index is 12.1. The van der Waals surface area contributed by atoms with E-state index in [1.165, 1.54) is 12.8 Å². The fraction of sp³-hybridized carbons (Fsp3) is 0.867. The van der Waals surface area contributed by atoms with Crippen molar-refractivity contribution in [2.24, 2.45) is 11.8 Å². The van der Waals surface area contributed by atoms with E-state index in [2.05, 4.69) is 5.32 Å². The maximum absolute atomic E-state index is 12.1. The summed E-state index contributed by atoms with van der Waals surface area (Å²) in [6.07, 6.45) is 4.79. The Labute approximate surface area is 121 Å². The number of carboxylic acids is 1. The lowest BCUT2D eigenvalue weighted by atomic mass is 10.0. The van der Waals surface area contributed by atoms with Crippen molar-refractivity contribution < 1.29 is 14.7 Å². The molecule has 2 amide bonds. The van der Waals surface area contributed by atoms with Crippen LogP contribution in [0.3, 0.4) is 0 Å². The van der Waals surface area contributed by atoms with E-state index in [1.807, 2.05) is 18.7 Å². The van der Waals surface area contributed by atoms with Crippen LogP contribution in [0.15, 0.2) is 0 Å². The minimum atomic E-state index is -0.747. The highest BCUT2D eigenvalue weighted by molar-refractivity contribution is 5.74. The molecule has 0 aliphatic heterocycles. The number of urea groups is 1. The van der Waals surface area contributed by atoms with Gasteiger partial charge in [-0.3, -0.25) is 4.79 Å². The molecule has 116 valence electrons. The molecule has 5 heteroatoms. The fourth-order valence-electron chi connectivity index (χ4n) is 2.20. The van der Waals surface area contributed by atoms with Gasteiger partial charge >= 0.3 is 12.0 Å². The van der Waals surface area contributed by atoms with Crippen molar-refractivity contribution >= 4 is 12.0 Å². The second kappa shape index (κ2) is 8.12. The van der Waals surface area contributed by atoms with Crippen LogP contribution in [-0.4, -0.2) is 41.1 Å². The fourth-order valence-corrected chi connectivity index (χ4v) is 2.20. The molecule has 1 saturated carbocycles. The molecule has 1 aliphatic carbocycles. The van der Waals surface area contributed by atoms with Gasteiger partial charge in [0, 0.05) is 19.1 Å². The van der Waals surface area contributed by atoms with Crippen molar-refractivity contribution in [1.29, 1.82) is 0 Å². The summed E-state index contributed by atoms with van der Waals surface area (Å²) in [4.78, 5) is 24.7. The summed E-state index contributed by atoms with van der Waals surface area (Å²) >= 11 is 0. The average molecular weight is 284 g/mol. The van der Waals surface area contributed by atoms with Gasteiger partial charge in [-0.1, -0.05) is 13.3 Å². The van der Waals surface area contributed by atoms with E-state index in [9.17, 15) is 9.59 Å². The molecule has 1 fully saturated rings.